The quantitative estimate of drug-likeness (QED) is 0.177. The van der Waals surface area contributed by atoms with E-state index in [1.807, 2.05) is 36.4 Å². The third-order valence-electron chi connectivity index (χ3n) is 11.7. The van der Waals surface area contributed by atoms with Crippen LogP contribution in [0.5, 0.6) is 0 Å². The van der Waals surface area contributed by atoms with Crippen molar-refractivity contribution in [1.29, 1.82) is 0 Å². The monoisotopic (exact) mass is 730 g/mol. The predicted molar refractivity (Wildman–Crippen MR) is 233 cm³/mol. The molecule has 2 atom stereocenters. The number of aromatic nitrogens is 5. The van der Waals surface area contributed by atoms with Gasteiger partial charge in [0.05, 0.1) is 28.1 Å². The Kier molecular flexibility index (Phi) is 6.95. The lowest BCUT2D eigenvalue weighted by Crippen LogP contribution is -2.28. The molecule has 0 radical (unpaired) electrons. The van der Waals surface area contributed by atoms with E-state index in [1.165, 1.54) is 33.1 Å². The molecule has 6 nitrogen and oxygen atoms in total. The summed E-state index contributed by atoms with van der Waals surface area (Å²) in [5.41, 5.74) is 11.2. The second kappa shape index (κ2) is 12.5. The summed E-state index contributed by atoms with van der Waals surface area (Å²) in [6.07, 6.45) is 9.05. The lowest BCUT2D eigenvalue weighted by molar-refractivity contribution is 0.745. The highest BCUT2D eigenvalue weighted by atomic mass is 15.2. The molecule has 57 heavy (non-hydrogen) atoms. The molecule has 0 amide bonds. The molecule has 4 heterocycles. The molecule has 1 aliphatic heterocycles. The minimum absolute atomic E-state index is 0.141. The van der Waals surface area contributed by atoms with Gasteiger partial charge in [0.2, 0.25) is 5.95 Å². The standard InChI is InChI=1S/C51H34N6/c1-3-15-33(16-4-1)49-52-50(34-17-5-2-6-18-34)54-51(53-49)57-46-26-14-10-22-40(46)42-31-47-41(32-48(42)57)39-21-9-13-25-45(39)56(47)36-29-27-35(28-30-36)55-43-23-11-7-19-37(43)38-20-8-12-24-44(38)55/h1-32,39,45H. The van der Waals surface area contributed by atoms with E-state index < -0.39 is 0 Å². The van der Waals surface area contributed by atoms with Crippen LogP contribution in [0.25, 0.3) is 78.0 Å². The zero-order valence-electron chi connectivity index (χ0n) is 30.8. The molecule has 12 rings (SSSR count). The molecule has 268 valence electrons. The van der Waals surface area contributed by atoms with Crippen LogP contribution in [-0.4, -0.2) is 30.1 Å². The van der Waals surface area contributed by atoms with Gasteiger partial charge in [0.15, 0.2) is 11.6 Å². The first-order chi connectivity index (χ1) is 28.3. The fourth-order valence-corrected chi connectivity index (χ4v) is 9.17. The van der Waals surface area contributed by atoms with E-state index in [1.54, 1.807) is 0 Å². The number of nitrogens with zero attached hydrogens (tertiary/aromatic N) is 6. The Morgan fingerprint density at radius 2 is 0.912 bits per heavy atom. The summed E-state index contributed by atoms with van der Waals surface area (Å²) >= 11 is 0. The van der Waals surface area contributed by atoms with Crippen LogP contribution in [0.2, 0.25) is 0 Å². The van der Waals surface area contributed by atoms with Crippen molar-refractivity contribution >= 4 is 55.0 Å². The number of fused-ring (bicyclic) bond motifs is 9. The van der Waals surface area contributed by atoms with Gasteiger partial charge in [0.25, 0.3) is 0 Å². The van der Waals surface area contributed by atoms with Crippen molar-refractivity contribution in [2.24, 2.45) is 0 Å². The second-order valence-electron chi connectivity index (χ2n) is 14.8. The zero-order valence-corrected chi connectivity index (χ0v) is 30.8. The number of para-hydroxylation sites is 3. The molecule has 2 aliphatic rings. The maximum absolute atomic E-state index is 5.18. The van der Waals surface area contributed by atoms with E-state index >= 15 is 0 Å². The van der Waals surface area contributed by atoms with Gasteiger partial charge in [-0.2, -0.15) is 9.97 Å². The third-order valence-corrected chi connectivity index (χ3v) is 11.7. The van der Waals surface area contributed by atoms with Crippen LogP contribution in [0, 0.1) is 0 Å². The molecule has 0 fully saturated rings. The molecule has 0 N–H and O–H groups in total. The van der Waals surface area contributed by atoms with Crippen LogP contribution in [0.1, 0.15) is 11.5 Å². The van der Waals surface area contributed by atoms with Gasteiger partial charge >= 0.3 is 0 Å². The Labute approximate surface area is 328 Å². The lowest BCUT2D eigenvalue weighted by atomic mass is 9.91. The van der Waals surface area contributed by atoms with Gasteiger partial charge in [-0.15, -0.1) is 0 Å². The molecular formula is C51H34N6. The highest BCUT2D eigenvalue weighted by molar-refractivity contribution is 6.11. The lowest BCUT2D eigenvalue weighted by Gasteiger charge is -2.29. The first kappa shape index (κ1) is 31.7. The average molecular weight is 731 g/mol. The molecule has 1 aliphatic carbocycles. The first-order valence-electron chi connectivity index (χ1n) is 19.5. The molecular weight excluding hydrogens is 697 g/mol. The zero-order chi connectivity index (χ0) is 37.5. The van der Waals surface area contributed by atoms with Crippen molar-refractivity contribution in [3.63, 3.8) is 0 Å². The molecule has 6 heteroatoms. The Balaban J connectivity index is 1.04. The average Bonchev–Trinajstić information content (AvgIpc) is 3.91. The van der Waals surface area contributed by atoms with Gasteiger partial charge in [-0.3, -0.25) is 4.57 Å². The van der Waals surface area contributed by atoms with Crippen LogP contribution in [0.15, 0.2) is 194 Å². The van der Waals surface area contributed by atoms with Crippen LogP contribution < -0.4 is 4.90 Å². The number of hydrogen-bond donors (Lipinski definition) is 0. The smallest absolute Gasteiger partial charge is 0.238 e. The van der Waals surface area contributed by atoms with Crippen LogP contribution in [-0.2, 0) is 0 Å². The Morgan fingerprint density at radius 3 is 1.53 bits per heavy atom. The second-order valence-corrected chi connectivity index (χ2v) is 14.8. The van der Waals surface area contributed by atoms with Crippen molar-refractivity contribution in [2.45, 2.75) is 12.0 Å². The van der Waals surface area contributed by atoms with E-state index in [2.05, 4.69) is 172 Å². The van der Waals surface area contributed by atoms with Crippen LogP contribution >= 0.6 is 0 Å². The van der Waals surface area contributed by atoms with Gasteiger partial charge < -0.3 is 9.47 Å². The number of benzene rings is 7. The summed E-state index contributed by atoms with van der Waals surface area (Å²) < 4.78 is 4.61. The van der Waals surface area contributed by atoms with Gasteiger partial charge in [0.1, 0.15) is 0 Å². The minimum atomic E-state index is 0.141. The minimum Gasteiger partial charge on any atom is -0.333 e. The van der Waals surface area contributed by atoms with E-state index in [9.17, 15) is 0 Å². The van der Waals surface area contributed by atoms with E-state index in [-0.39, 0.29) is 12.0 Å². The Bertz CT molecular complexity index is 3140. The van der Waals surface area contributed by atoms with E-state index in [4.69, 9.17) is 15.0 Å². The number of rotatable bonds is 5. The maximum Gasteiger partial charge on any atom is 0.238 e. The van der Waals surface area contributed by atoms with Crippen molar-refractivity contribution in [3.05, 3.63) is 200 Å². The van der Waals surface area contributed by atoms with Gasteiger partial charge in [-0.25, -0.2) is 4.98 Å². The molecule has 0 saturated carbocycles. The van der Waals surface area contributed by atoms with E-state index in [0.29, 0.717) is 17.6 Å². The summed E-state index contributed by atoms with van der Waals surface area (Å²) in [7, 11) is 0. The normalized spacial score (nSPS) is 15.9. The fourth-order valence-electron chi connectivity index (χ4n) is 9.17. The fraction of sp³-hybridized carbons (Fsp3) is 0.0392. The SMILES string of the molecule is C1=CC2c3cc4c(cc3N(c3ccc(-n5c6ccccc6c6ccccc65)cc3)C2C=C1)c1ccccc1n4-c1nc(-c2ccccc2)nc(-c2ccccc2)n1. The summed E-state index contributed by atoms with van der Waals surface area (Å²) in [4.78, 5) is 17.9. The first-order valence-corrected chi connectivity index (χ1v) is 19.5. The maximum atomic E-state index is 5.18. The van der Waals surface area contributed by atoms with E-state index in [0.717, 1.165) is 44.3 Å². The summed E-state index contributed by atoms with van der Waals surface area (Å²) in [6, 6.07) is 60.3. The van der Waals surface area contributed by atoms with Gasteiger partial charge in [-0.05, 0) is 60.2 Å². The summed E-state index contributed by atoms with van der Waals surface area (Å²) in [5, 5.41) is 4.84. The molecule has 0 bridgehead atoms. The molecule has 7 aromatic carbocycles. The molecule has 10 aromatic rings. The largest absolute Gasteiger partial charge is 0.333 e. The van der Waals surface area contributed by atoms with Crippen molar-refractivity contribution in [2.75, 3.05) is 4.90 Å². The number of allylic oxidation sites excluding steroid dienone is 2. The highest BCUT2D eigenvalue weighted by Gasteiger charge is 2.38. The third kappa shape index (κ3) is 4.87. The topological polar surface area (TPSA) is 51.8 Å². The van der Waals surface area contributed by atoms with Crippen LogP contribution in [0.3, 0.4) is 0 Å². The molecule has 0 spiro atoms. The van der Waals surface area contributed by atoms with Crippen molar-refractivity contribution in [3.8, 4) is 34.4 Å². The Morgan fingerprint density at radius 1 is 0.404 bits per heavy atom. The van der Waals surface area contributed by atoms with Gasteiger partial charge in [0, 0.05) is 55.7 Å². The van der Waals surface area contributed by atoms with Crippen LogP contribution in [0.4, 0.5) is 11.4 Å². The Hall–Kier alpha value is -7.57. The number of hydrogen-bond acceptors (Lipinski definition) is 4. The number of anilines is 2. The predicted octanol–water partition coefficient (Wildman–Crippen LogP) is 12.1. The van der Waals surface area contributed by atoms with Gasteiger partial charge in [-0.1, -0.05) is 140 Å². The summed E-state index contributed by atoms with van der Waals surface area (Å²) in [6.45, 7) is 0. The summed E-state index contributed by atoms with van der Waals surface area (Å²) in [5.74, 6) is 2.06. The van der Waals surface area contributed by atoms with Crippen molar-refractivity contribution in [1.82, 2.24) is 24.1 Å². The molecule has 3 aromatic heterocycles. The highest BCUT2D eigenvalue weighted by Crippen LogP contribution is 2.50. The van der Waals surface area contributed by atoms with Crippen molar-refractivity contribution < 1.29 is 0 Å². The molecule has 0 saturated heterocycles. The molecule has 2 unspecified atom stereocenters.